The van der Waals surface area contributed by atoms with Crippen LogP contribution in [0.25, 0.3) is 11.4 Å². The van der Waals surface area contributed by atoms with Crippen LogP contribution in [0, 0.1) is 13.8 Å². The molecule has 0 spiro atoms. The van der Waals surface area contributed by atoms with Gasteiger partial charge in [-0.3, -0.25) is 9.36 Å². The number of hydrogen-bond donors (Lipinski definition) is 1. The van der Waals surface area contributed by atoms with E-state index in [0.717, 1.165) is 16.9 Å². The number of aryl methyl sites for hydroxylation is 2. The lowest BCUT2D eigenvalue weighted by atomic mass is 10.2. The molecule has 146 valence electrons. The average Bonchev–Trinajstić information content (AvgIpc) is 3.24. The Kier molecular flexibility index (Phi) is 6.26. The van der Waals surface area contributed by atoms with Gasteiger partial charge in [-0.25, -0.2) is 0 Å². The van der Waals surface area contributed by atoms with Crippen LogP contribution in [0.4, 0.5) is 5.69 Å². The fourth-order valence-electron chi connectivity index (χ4n) is 2.66. The van der Waals surface area contributed by atoms with Gasteiger partial charge in [0.2, 0.25) is 5.91 Å². The molecular formula is C20H21ClN4O2S. The van der Waals surface area contributed by atoms with Crippen molar-refractivity contribution in [1.29, 1.82) is 0 Å². The molecule has 6 nitrogen and oxygen atoms in total. The molecular weight excluding hydrogens is 396 g/mol. The van der Waals surface area contributed by atoms with Gasteiger partial charge in [0.05, 0.1) is 17.1 Å². The van der Waals surface area contributed by atoms with Gasteiger partial charge in [0, 0.05) is 17.3 Å². The van der Waals surface area contributed by atoms with E-state index in [-0.39, 0.29) is 11.2 Å². The summed E-state index contributed by atoms with van der Waals surface area (Å²) in [5, 5.41) is 12.3. The highest BCUT2D eigenvalue weighted by atomic mass is 35.5. The molecule has 1 N–H and O–H groups in total. The Morgan fingerprint density at radius 2 is 2.18 bits per heavy atom. The maximum absolute atomic E-state index is 12.7. The second kappa shape index (κ2) is 8.67. The summed E-state index contributed by atoms with van der Waals surface area (Å²) >= 11 is 7.37. The summed E-state index contributed by atoms with van der Waals surface area (Å²) in [4.78, 5) is 12.7. The molecule has 3 aromatic rings. The van der Waals surface area contributed by atoms with Crippen LogP contribution >= 0.6 is 23.4 Å². The fourth-order valence-corrected chi connectivity index (χ4v) is 3.69. The van der Waals surface area contributed by atoms with Gasteiger partial charge >= 0.3 is 0 Å². The monoisotopic (exact) mass is 416 g/mol. The number of benzene rings is 1. The first kappa shape index (κ1) is 20.2. The molecule has 0 aliphatic heterocycles. The first-order valence-corrected chi connectivity index (χ1v) is 9.98. The highest BCUT2D eigenvalue weighted by Crippen LogP contribution is 2.30. The van der Waals surface area contributed by atoms with Crippen LogP contribution in [-0.2, 0) is 11.3 Å². The topological polar surface area (TPSA) is 73.0 Å². The number of hydrogen-bond acceptors (Lipinski definition) is 5. The maximum Gasteiger partial charge on any atom is 0.237 e. The van der Waals surface area contributed by atoms with Crippen molar-refractivity contribution >= 4 is 35.0 Å². The van der Waals surface area contributed by atoms with Gasteiger partial charge in [-0.05, 0) is 44.5 Å². The fraction of sp³-hybridized carbons (Fsp3) is 0.250. The number of carbonyl (C=O) groups excluding carboxylic acids is 1. The zero-order chi connectivity index (χ0) is 20.3. The lowest BCUT2D eigenvalue weighted by Crippen LogP contribution is -2.23. The van der Waals surface area contributed by atoms with Crippen LogP contribution in [0.3, 0.4) is 0 Å². The number of thioether (sulfide) groups is 1. The minimum Gasteiger partial charge on any atom is -0.469 e. The minimum atomic E-state index is -0.385. The Labute approximate surface area is 173 Å². The normalized spacial score (nSPS) is 12.0. The summed E-state index contributed by atoms with van der Waals surface area (Å²) < 4.78 is 7.30. The lowest BCUT2D eigenvalue weighted by molar-refractivity contribution is -0.115. The number of anilines is 1. The number of furan rings is 1. The predicted molar refractivity (Wildman–Crippen MR) is 113 cm³/mol. The van der Waals surface area contributed by atoms with Crippen LogP contribution in [0.2, 0.25) is 5.02 Å². The Balaban J connectivity index is 1.80. The van der Waals surface area contributed by atoms with E-state index in [1.807, 2.05) is 37.5 Å². The van der Waals surface area contributed by atoms with Crippen molar-refractivity contribution in [1.82, 2.24) is 14.8 Å². The van der Waals surface area contributed by atoms with E-state index in [1.54, 1.807) is 24.5 Å². The second-order valence-electron chi connectivity index (χ2n) is 6.30. The van der Waals surface area contributed by atoms with Crippen molar-refractivity contribution in [2.75, 3.05) is 5.32 Å². The summed E-state index contributed by atoms with van der Waals surface area (Å²) in [6, 6.07) is 7.26. The molecule has 2 heterocycles. The van der Waals surface area contributed by atoms with Crippen LogP contribution in [0.15, 0.2) is 52.8 Å². The van der Waals surface area contributed by atoms with Crippen molar-refractivity contribution in [2.24, 2.45) is 0 Å². The quantitative estimate of drug-likeness (QED) is 0.427. The number of nitrogens with zero attached hydrogens (tertiary/aromatic N) is 3. The standard InChI is InChI=1S/C20H21ClN4O2S/c1-5-9-25-18(16-8-10-27-13(16)3)23-24-20(25)28-14(4)19(26)22-17-11-15(21)7-6-12(17)2/h5-8,10-11,14H,1,9H2,2-4H3,(H,22,26)/t14-/m1/s1. The molecule has 0 bridgehead atoms. The highest BCUT2D eigenvalue weighted by Gasteiger charge is 2.22. The van der Waals surface area contributed by atoms with Crippen LogP contribution in [0.5, 0.6) is 0 Å². The number of aromatic nitrogens is 3. The van der Waals surface area contributed by atoms with E-state index < -0.39 is 0 Å². The summed E-state index contributed by atoms with van der Waals surface area (Å²) in [5.74, 6) is 1.31. The van der Waals surface area contributed by atoms with Crippen LogP contribution in [-0.4, -0.2) is 25.9 Å². The summed E-state index contributed by atoms with van der Waals surface area (Å²) in [7, 11) is 0. The maximum atomic E-state index is 12.7. The van der Waals surface area contributed by atoms with E-state index in [2.05, 4.69) is 22.1 Å². The van der Waals surface area contributed by atoms with Crippen LogP contribution in [0.1, 0.15) is 18.2 Å². The largest absolute Gasteiger partial charge is 0.469 e. The Morgan fingerprint density at radius 1 is 1.39 bits per heavy atom. The number of rotatable bonds is 7. The van der Waals surface area contributed by atoms with Gasteiger partial charge in [0.15, 0.2) is 11.0 Å². The predicted octanol–water partition coefficient (Wildman–Crippen LogP) is 5.11. The van der Waals surface area contributed by atoms with E-state index in [4.69, 9.17) is 16.0 Å². The second-order valence-corrected chi connectivity index (χ2v) is 8.05. The number of carbonyl (C=O) groups is 1. The van der Waals surface area contributed by atoms with Gasteiger partial charge in [0.25, 0.3) is 0 Å². The summed E-state index contributed by atoms with van der Waals surface area (Å²) in [6.45, 7) is 9.96. The van der Waals surface area contributed by atoms with Gasteiger partial charge in [0.1, 0.15) is 5.76 Å². The molecule has 2 aromatic heterocycles. The van der Waals surface area contributed by atoms with E-state index in [1.165, 1.54) is 11.8 Å². The molecule has 28 heavy (non-hydrogen) atoms. The molecule has 0 fully saturated rings. The number of amides is 1. The van der Waals surface area contributed by atoms with Gasteiger partial charge in [-0.15, -0.1) is 16.8 Å². The highest BCUT2D eigenvalue weighted by molar-refractivity contribution is 8.00. The van der Waals surface area contributed by atoms with E-state index >= 15 is 0 Å². The number of allylic oxidation sites excluding steroid dienone is 1. The average molecular weight is 417 g/mol. The van der Waals surface area contributed by atoms with Crippen molar-refractivity contribution in [3.63, 3.8) is 0 Å². The molecule has 0 saturated carbocycles. The minimum absolute atomic E-state index is 0.135. The Bertz CT molecular complexity index is 1010. The van der Waals surface area contributed by atoms with E-state index in [0.29, 0.717) is 28.2 Å². The lowest BCUT2D eigenvalue weighted by Gasteiger charge is -2.14. The third kappa shape index (κ3) is 4.31. The molecule has 1 aromatic carbocycles. The molecule has 3 rings (SSSR count). The van der Waals surface area contributed by atoms with Gasteiger partial charge < -0.3 is 9.73 Å². The number of nitrogens with one attached hydrogen (secondary N) is 1. The molecule has 1 amide bonds. The van der Waals surface area contributed by atoms with E-state index in [9.17, 15) is 4.79 Å². The van der Waals surface area contributed by atoms with Gasteiger partial charge in [-0.1, -0.05) is 35.5 Å². The molecule has 1 atom stereocenters. The van der Waals surface area contributed by atoms with Crippen molar-refractivity contribution < 1.29 is 9.21 Å². The molecule has 0 unspecified atom stereocenters. The van der Waals surface area contributed by atoms with Gasteiger partial charge in [-0.2, -0.15) is 0 Å². The zero-order valence-electron chi connectivity index (χ0n) is 15.9. The molecule has 0 radical (unpaired) electrons. The molecule has 0 aliphatic rings. The van der Waals surface area contributed by atoms with Crippen molar-refractivity contribution in [2.45, 2.75) is 37.7 Å². The first-order chi connectivity index (χ1) is 13.4. The third-order valence-electron chi connectivity index (χ3n) is 4.24. The van der Waals surface area contributed by atoms with Crippen molar-refractivity contribution in [3.05, 3.63) is 59.5 Å². The zero-order valence-corrected chi connectivity index (χ0v) is 17.5. The summed E-state index contributed by atoms with van der Waals surface area (Å²) in [5.41, 5.74) is 2.52. The molecule has 8 heteroatoms. The molecule has 0 saturated heterocycles. The first-order valence-electron chi connectivity index (χ1n) is 8.73. The Hall–Kier alpha value is -2.51. The number of halogens is 1. The Morgan fingerprint density at radius 3 is 2.86 bits per heavy atom. The van der Waals surface area contributed by atoms with Crippen molar-refractivity contribution in [3.8, 4) is 11.4 Å². The molecule has 0 aliphatic carbocycles. The third-order valence-corrected chi connectivity index (χ3v) is 5.55. The van der Waals surface area contributed by atoms with Crippen LogP contribution < -0.4 is 5.32 Å². The summed E-state index contributed by atoms with van der Waals surface area (Å²) in [6.07, 6.45) is 3.39. The smallest absolute Gasteiger partial charge is 0.237 e. The SMILES string of the molecule is C=CCn1c(S[C@H](C)C(=O)Nc2cc(Cl)ccc2C)nnc1-c1ccoc1C.